The van der Waals surface area contributed by atoms with Crippen LogP contribution < -0.4 is 10.1 Å². The van der Waals surface area contributed by atoms with Gasteiger partial charge < -0.3 is 10.1 Å². The summed E-state index contributed by atoms with van der Waals surface area (Å²) in [6.07, 6.45) is 0.307. The standard InChI is InChI=1S/C21H14ClN3O4/c22-16-5-10-20(19(13-16)25(27)28)29-18-8-3-15(4-9-18)21(26)24-17-6-1-14(2-7-17)11-12-23/h1-10,13H,11H2,(H,24,26). The molecular weight excluding hydrogens is 394 g/mol. The summed E-state index contributed by atoms with van der Waals surface area (Å²) < 4.78 is 5.56. The number of benzene rings is 3. The lowest BCUT2D eigenvalue weighted by Crippen LogP contribution is -2.11. The largest absolute Gasteiger partial charge is 0.450 e. The van der Waals surface area contributed by atoms with Crippen LogP contribution in [0.2, 0.25) is 5.02 Å². The summed E-state index contributed by atoms with van der Waals surface area (Å²) in [5, 5.41) is 22.8. The van der Waals surface area contributed by atoms with Crippen LogP contribution in [-0.2, 0) is 6.42 Å². The highest BCUT2D eigenvalue weighted by molar-refractivity contribution is 6.30. The van der Waals surface area contributed by atoms with Crippen LogP contribution in [0.15, 0.2) is 66.7 Å². The zero-order valence-electron chi connectivity index (χ0n) is 15.0. The lowest BCUT2D eigenvalue weighted by Gasteiger charge is -2.08. The number of ether oxygens (including phenoxy) is 1. The number of rotatable bonds is 6. The molecule has 8 heteroatoms. The number of nitrogens with one attached hydrogen (secondary N) is 1. The Morgan fingerprint density at radius 2 is 1.79 bits per heavy atom. The molecule has 0 aliphatic rings. The zero-order chi connectivity index (χ0) is 20.8. The van der Waals surface area contributed by atoms with Crippen LogP contribution in [0.4, 0.5) is 11.4 Å². The maximum absolute atomic E-state index is 12.4. The SMILES string of the molecule is N#CCc1ccc(NC(=O)c2ccc(Oc3ccc(Cl)cc3[N+](=O)[O-])cc2)cc1. The predicted octanol–water partition coefficient (Wildman–Crippen LogP) is 5.36. The molecule has 1 N–H and O–H groups in total. The van der Waals surface area contributed by atoms with E-state index in [0.29, 0.717) is 23.4 Å². The molecule has 144 valence electrons. The second-order valence-corrected chi connectivity index (χ2v) is 6.42. The van der Waals surface area contributed by atoms with Gasteiger partial charge in [0, 0.05) is 22.3 Å². The second-order valence-electron chi connectivity index (χ2n) is 5.98. The van der Waals surface area contributed by atoms with Gasteiger partial charge in [-0.05, 0) is 54.1 Å². The van der Waals surface area contributed by atoms with Gasteiger partial charge in [-0.2, -0.15) is 5.26 Å². The van der Waals surface area contributed by atoms with Crippen molar-refractivity contribution in [2.75, 3.05) is 5.32 Å². The van der Waals surface area contributed by atoms with Crippen LogP contribution in [0.1, 0.15) is 15.9 Å². The van der Waals surface area contributed by atoms with E-state index >= 15 is 0 Å². The molecule has 0 bridgehead atoms. The Morgan fingerprint density at radius 3 is 2.41 bits per heavy atom. The third-order valence-electron chi connectivity index (χ3n) is 3.96. The third-order valence-corrected chi connectivity index (χ3v) is 4.19. The van der Waals surface area contributed by atoms with Gasteiger partial charge in [0.1, 0.15) is 5.75 Å². The minimum Gasteiger partial charge on any atom is -0.450 e. The van der Waals surface area contributed by atoms with Gasteiger partial charge in [0.2, 0.25) is 5.75 Å². The van der Waals surface area contributed by atoms with Crippen molar-refractivity contribution in [3.63, 3.8) is 0 Å². The number of hydrogen-bond acceptors (Lipinski definition) is 5. The molecule has 0 aliphatic heterocycles. The van der Waals surface area contributed by atoms with Crippen LogP contribution in [0.5, 0.6) is 11.5 Å². The van der Waals surface area contributed by atoms with Crippen molar-refractivity contribution in [1.82, 2.24) is 0 Å². The number of nitro benzene ring substituents is 1. The number of carbonyl (C=O) groups is 1. The second kappa shape index (κ2) is 8.87. The Labute approximate surface area is 171 Å². The molecule has 0 fully saturated rings. The molecule has 0 aliphatic carbocycles. The molecule has 0 spiro atoms. The van der Waals surface area contributed by atoms with Gasteiger partial charge in [0.15, 0.2) is 0 Å². The Bertz CT molecular complexity index is 1090. The van der Waals surface area contributed by atoms with E-state index in [-0.39, 0.29) is 22.4 Å². The van der Waals surface area contributed by atoms with Crippen molar-refractivity contribution >= 4 is 28.9 Å². The summed E-state index contributed by atoms with van der Waals surface area (Å²) in [5.41, 5.74) is 1.61. The van der Waals surface area contributed by atoms with Crippen LogP contribution in [0, 0.1) is 21.4 Å². The first-order valence-corrected chi connectivity index (χ1v) is 8.83. The number of hydrogen-bond donors (Lipinski definition) is 1. The first-order valence-electron chi connectivity index (χ1n) is 8.45. The number of halogens is 1. The van der Waals surface area contributed by atoms with Crippen LogP contribution >= 0.6 is 11.6 Å². The predicted molar refractivity (Wildman–Crippen MR) is 108 cm³/mol. The fourth-order valence-corrected chi connectivity index (χ4v) is 2.69. The van der Waals surface area contributed by atoms with Crippen molar-refractivity contribution in [2.45, 2.75) is 6.42 Å². The average molecular weight is 408 g/mol. The molecule has 3 aromatic rings. The van der Waals surface area contributed by atoms with Crippen LogP contribution in [-0.4, -0.2) is 10.8 Å². The van der Waals surface area contributed by atoms with E-state index in [1.165, 1.54) is 18.2 Å². The quantitative estimate of drug-likeness (QED) is 0.437. The molecule has 0 unspecified atom stereocenters. The third kappa shape index (κ3) is 5.09. The molecule has 0 saturated carbocycles. The van der Waals surface area contributed by atoms with Gasteiger partial charge in [0.05, 0.1) is 17.4 Å². The zero-order valence-corrected chi connectivity index (χ0v) is 15.7. The minimum atomic E-state index is -0.578. The van der Waals surface area contributed by atoms with Crippen molar-refractivity contribution in [3.8, 4) is 17.6 Å². The molecule has 3 aromatic carbocycles. The number of carbonyl (C=O) groups excluding carboxylic acids is 1. The van der Waals surface area contributed by atoms with Gasteiger partial charge >= 0.3 is 5.69 Å². The van der Waals surface area contributed by atoms with Crippen LogP contribution in [0.3, 0.4) is 0 Å². The highest BCUT2D eigenvalue weighted by Crippen LogP contribution is 2.33. The Morgan fingerprint density at radius 1 is 1.10 bits per heavy atom. The molecule has 0 aromatic heterocycles. The highest BCUT2D eigenvalue weighted by atomic mass is 35.5. The van der Waals surface area contributed by atoms with E-state index < -0.39 is 4.92 Å². The van der Waals surface area contributed by atoms with Gasteiger partial charge in [-0.1, -0.05) is 23.7 Å². The molecule has 7 nitrogen and oxygen atoms in total. The van der Waals surface area contributed by atoms with Crippen molar-refractivity contribution < 1.29 is 14.5 Å². The van der Waals surface area contributed by atoms with E-state index in [4.69, 9.17) is 21.6 Å². The summed E-state index contributed by atoms with van der Waals surface area (Å²) >= 11 is 5.79. The summed E-state index contributed by atoms with van der Waals surface area (Å²) in [6, 6.07) is 19.4. The first kappa shape index (κ1) is 19.9. The molecule has 0 radical (unpaired) electrons. The smallest absolute Gasteiger partial charge is 0.313 e. The molecule has 3 rings (SSSR count). The van der Waals surface area contributed by atoms with Gasteiger partial charge in [-0.3, -0.25) is 14.9 Å². The molecule has 0 heterocycles. The Kier molecular flexibility index (Phi) is 6.07. The molecular formula is C21H14ClN3O4. The fourth-order valence-electron chi connectivity index (χ4n) is 2.52. The van der Waals surface area contributed by atoms with E-state index in [1.54, 1.807) is 48.5 Å². The lowest BCUT2D eigenvalue weighted by molar-refractivity contribution is -0.385. The number of nitriles is 1. The van der Waals surface area contributed by atoms with Gasteiger partial charge in [-0.25, -0.2) is 0 Å². The number of amides is 1. The Hall–Kier alpha value is -3.89. The van der Waals surface area contributed by atoms with E-state index in [2.05, 4.69) is 11.4 Å². The summed E-state index contributed by atoms with van der Waals surface area (Å²) in [6.45, 7) is 0. The van der Waals surface area contributed by atoms with E-state index in [0.717, 1.165) is 5.56 Å². The molecule has 1 amide bonds. The van der Waals surface area contributed by atoms with Gasteiger partial charge in [-0.15, -0.1) is 0 Å². The van der Waals surface area contributed by atoms with E-state index in [9.17, 15) is 14.9 Å². The average Bonchev–Trinajstić information content (AvgIpc) is 2.71. The van der Waals surface area contributed by atoms with Crippen molar-refractivity contribution in [1.29, 1.82) is 5.26 Å². The normalized spacial score (nSPS) is 10.1. The van der Waals surface area contributed by atoms with E-state index in [1.807, 2.05) is 0 Å². The molecule has 0 atom stereocenters. The lowest BCUT2D eigenvalue weighted by atomic mass is 10.1. The highest BCUT2D eigenvalue weighted by Gasteiger charge is 2.16. The maximum Gasteiger partial charge on any atom is 0.313 e. The first-order chi connectivity index (χ1) is 14.0. The maximum atomic E-state index is 12.4. The van der Waals surface area contributed by atoms with Crippen molar-refractivity contribution in [3.05, 3.63) is 93.0 Å². The minimum absolute atomic E-state index is 0.0501. The summed E-state index contributed by atoms with van der Waals surface area (Å²) in [5.74, 6) is 0.0731. The monoisotopic (exact) mass is 407 g/mol. The fraction of sp³-hybridized carbons (Fsp3) is 0.0476. The summed E-state index contributed by atoms with van der Waals surface area (Å²) in [4.78, 5) is 22.9. The van der Waals surface area contributed by atoms with Crippen LogP contribution in [0.25, 0.3) is 0 Å². The number of anilines is 1. The molecule has 29 heavy (non-hydrogen) atoms. The van der Waals surface area contributed by atoms with Crippen molar-refractivity contribution in [2.24, 2.45) is 0 Å². The number of nitrogens with zero attached hydrogens (tertiary/aromatic N) is 2. The number of nitro groups is 1. The molecule has 0 saturated heterocycles. The Balaban J connectivity index is 1.69. The topological polar surface area (TPSA) is 105 Å². The summed E-state index contributed by atoms with van der Waals surface area (Å²) in [7, 11) is 0. The van der Waals surface area contributed by atoms with Gasteiger partial charge in [0.25, 0.3) is 5.91 Å².